The Morgan fingerprint density at radius 1 is 0.880 bits per heavy atom. The molecule has 0 radical (unpaired) electrons. The van der Waals surface area contributed by atoms with Gasteiger partial charge in [0.25, 0.3) is 0 Å². The molecule has 0 heterocycles. The first-order valence-electron chi connectivity index (χ1n) is 10.4. The molecular formula is C21H41NO2S. The van der Waals surface area contributed by atoms with Crippen LogP contribution in [0, 0.1) is 0 Å². The van der Waals surface area contributed by atoms with Crippen molar-refractivity contribution in [2.45, 2.75) is 103 Å². The Morgan fingerprint density at radius 3 is 1.96 bits per heavy atom. The smallest absolute Gasteiger partial charge is 0.0942 e. The SMILES string of the molecule is CCCCCCCC/C=C\CCCCCCCC(=S)NCC(O)CO. The molecule has 0 aliphatic rings. The summed E-state index contributed by atoms with van der Waals surface area (Å²) in [7, 11) is 0. The highest BCUT2D eigenvalue weighted by Gasteiger charge is 2.02. The summed E-state index contributed by atoms with van der Waals surface area (Å²) in [6.45, 7) is 2.39. The van der Waals surface area contributed by atoms with Crippen LogP contribution in [-0.2, 0) is 0 Å². The molecule has 0 aromatic heterocycles. The van der Waals surface area contributed by atoms with Gasteiger partial charge in [0.2, 0.25) is 0 Å². The average Bonchev–Trinajstić information content (AvgIpc) is 2.62. The number of unbranched alkanes of at least 4 members (excludes halogenated alkanes) is 11. The maximum absolute atomic E-state index is 9.23. The summed E-state index contributed by atoms with van der Waals surface area (Å²) in [5, 5.41) is 21.0. The Kier molecular flexibility index (Phi) is 19.5. The zero-order valence-electron chi connectivity index (χ0n) is 16.3. The van der Waals surface area contributed by atoms with Crippen molar-refractivity contribution in [3.05, 3.63) is 12.2 Å². The summed E-state index contributed by atoms with van der Waals surface area (Å²) < 4.78 is 0. The molecular weight excluding hydrogens is 330 g/mol. The summed E-state index contributed by atoms with van der Waals surface area (Å²) in [5.41, 5.74) is 0. The maximum Gasteiger partial charge on any atom is 0.0942 e. The number of rotatable bonds is 18. The fourth-order valence-corrected chi connectivity index (χ4v) is 2.97. The molecule has 3 N–H and O–H groups in total. The lowest BCUT2D eigenvalue weighted by atomic mass is 10.1. The number of thiocarbonyl (C=S) groups is 1. The van der Waals surface area contributed by atoms with E-state index in [9.17, 15) is 5.11 Å². The lowest BCUT2D eigenvalue weighted by molar-refractivity contribution is 0.0982. The number of aliphatic hydroxyl groups excluding tert-OH is 2. The Labute approximate surface area is 161 Å². The topological polar surface area (TPSA) is 52.5 Å². The number of hydrogen-bond donors (Lipinski definition) is 3. The normalized spacial score (nSPS) is 12.6. The van der Waals surface area contributed by atoms with Crippen molar-refractivity contribution in [2.24, 2.45) is 0 Å². The highest BCUT2D eigenvalue weighted by atomic mass is 32.1. The number of allylic oxidation sites excluding steroid dienone is 2. The molecule has 0 aliphatic carbocycles. The lowest BCUT2D eigenvalue weighted by Gasteiger charge is -2.10. The average molecular weight is 372 g/mol. The minimum absolute atomic E-state index is 0.219. The monoisotopic (exact) mass is 371 g/mol. The molecule has 0 bridgehead atoms. The molecule has 148 valence electrons. The highest BCUT2D eigenvalue weighted by Crippen LogP contribution is 2.10. The molecule has 0 amide bonds. The van der Waals surface area contributed by atoms with Crippen LogP contribution in [0.4, 0.5) is 0 Å². The van der Waals surface area contributed by atoms with Gasteiger partial charge in [-0.15, -0.1) is 0 Å². The maximum atomic E-state index is 9.23. The van der Waals surface area contributed by atoms with Crippen LogP contribution < -0.4 is 5.32 Å². The van der Waals surface area contributed by atoms with E-state index in [4.69, 9.17) is 17.3 Å². The molecule has 4 heteroatoms. The first-order chi connectivity index (χ1) is 12.2. The van der Waals surface area contributed by atoms with Gasteiger partial charge >= 0.3 is 0 Å². The lowest BCUT2D eigenvalue weighted by Crippen LogP contribution is -2.32. The van der Waals surface area contributed by atoms with E-state index in [0.29, 0.717) is 6.54 Å². The summed E-state index contributed by atoms with van der Waals surface area (Å²) >= 11 is 5.21. The van der Waals surface area contributed by atoms with Crippen molar-refractivity contribution in [3.8, 4) is 0 Å². The Hall–Kier alpha value is -0.450. The van der Waals surface area contributed by atoms with Gasteiger partial charge in [-0.2, -0.15) is 0 Å². The van der Waals surface area contributed by atoms with Gasteiger partial charge in [-0.25, -0.2) is 0 Å². The molecule has 0 aliphatic heterocycles. The fraction of sp³-hybridized carbons (Fsp3) is 0.857. The predicted octanol–water partition coefficient (Wildman–Crippen LogP) is 5.29. The van der Waals surface area contributed by atoms with Crippen molar-refractivity contribution in [1.82, 2.24) is 5.32 Å². The van der Waals surface area contributed by atoms with Crippen LogP contribution in [-0.4, -0.2) is 34.5 Å². The molecule has 3 nitrogen and oxygen atoms in total. The molecule has 0 saturated carbocycles. The zero-order chi connectivity index (χ0) is 18.6. The van der Waals surface area contributed by atoms with Crippen LogP contribution >= 0.6 is 12.2 Å². The van der Waals surface area contributed by atoms with Gasteiger partial charge in [-0.1, -0.05) is 82.7 Å². The van der Waals surface area contributed by atoms with Crippen LogP contribution in [0.2, 0.25) is 0 Å². The van der Waals surface area contributed by atoms with Gasteiger partial charge in [-0.05, 0) is 38.5 Å². The van der Waals surface area contributed by atoms with E-state index < -0.39 is 6.10 Å². The van der Waals surface area contributed by atoms with Crippen LogP contribution in [0.1, 0.15) is 96.8 Å². The van der Waals surface area contributed by atoms with Crippen LogP contribution in [0.5, 0.6) is 0 Å². The molecule has 0 rings (SSSR count). The number of aliphatic hydroxyl groups is 2. The molecule has 0 fully saturated rings. The summed E-state index contributed by atoms with van der Waals surface area (Å²) in [5.74, 6) is 0. The number of hydrogen-bond acceptors (Lipinski definition) is 3. The third kappa shape index (κ3) is 19.7. The van der Waals surface area contributed by atoms with Crippen molar-refractivity contribution in [2.75, 3.05) is 13.2 Å². The largest absolute Gasteiger partial charge is 0.394 e. The second-order valence-electron chi connectivity index (χ2n) is 6.97. The Morgan fingerprint density at radius 2 is 1.40 bits per heavy atom. The molecule has 0 aromatic carbocycles. The summed E-state index contributed by atoms with van der Waals surface area (Å²) in [4.78, 5) is 0.796. The zero-order valence-corrected chi connectivity index (χ0v) is 17.2. The van der Waals surface area contributed by atoms with E-state index in [1.54, 1.807) is 0 Å². The van der Waals surface area contributed by atoms with Crippen molar-refractivity contribution >= 4 is 17.2 Å². The molecule has 0 saturated heterocycles. The quantitative estimate of drug-likeness (QED) is 0.174. The van der Waals surface area contributed by atoms with Crippen LogP contribution in [0.25, 0.3) is 0 Å². The number of nitrogens with one attached hydrogen (secondary N) is 1. The van der Waals surface area contributed by atoms with Crippen LogP contribution in [0.15, 0.2) is 12.2 Å². The van der Waals surface area contributed by atoms with E-state index in [-0.39, 0.29) is 6.61 Å². The first kappa shape index (κ1) is 24.6. The van der Waals surface area contributed by atoms with E-state index in [1.807, 2.05) is 0 Å². The summed E-state index contributed by atoms with van der Waals surface area (Å²) in [6.07, 6.45) is 21.8. The highest BCUT2D eigenvalue weighted by molar-refractivity contribution is 7.80. The molecule has 1 unspecified atom stereocenters. The van der Waals surface area contributed by atoms with Gasteiger partial charge < -0.3 is 15.5 Å². The van der Waals surface area contributed by atoms with E-state index in [1.165, 1.54) is 77.0 Å². The van der Waals surface area contributed by atoms with Crippen molar-refractivity contribution in [3.63, 3.8) is 0 Å². The molecule has 0 aromatic rings. The van der Waals surface area contributed by atoms with E-state index in [0.717, 1.165) is 17.8 Å². The Balaban J connectivity index is 3.22. The predicted molar refractivity (Wildman–Crippen MR) is 113 cm³/mol. The second-order valence-corrected chi connectivity index (χ2v) is 7.47. The van der Waals surface area contributed by atoms with Gasteiger partial charge in [-0.3, -0.25) is 0 Å². The summed E-state index contributed by atoms with van der Waals surface area (Å²) in [6, 6.07) is 0. The van der Waals surface area contributed by atoms with Crippen molar-refractivity contribution < 1.29 is 10.2 Å². The fourth-order valence-electron chi connectivity index (χ4n) is 2.74. The standard InChI is InChI=1S/C21H41NO2S/c1-2-3-4-5-6-7-8-9-10-11-12-13-14-15-16-17-21(25)22-18-20(24)19-23/h9-10,20,23-24H,2-8,11-19H2,1H3,(H,22,25)/b10-9-. The Bertz CT molecular complexity index is 321. The van der Waals surface area contributed by atoms with Crippen LogP contribution in [0.3, 0.4) is 0 Å². The van der Waals surface area contributed by atoms with E-state index >= 15 is 0 Å². The minimum atomic E-state index is -0.716. The molecule has 25 heavy (non-hydrogen) atoms. The van der Waals surface area contributed by atoms with Gasteiger partial charge in [0.05, 0.1) is 17.7 Å². The van der Waals surface area contributed by atoms with Gasteiger partial charge in [0.1, 0.15) is 0 Å². The minimum Gasteiger partial charge on any atom is -0.394 e. The van der Waals surface area contributed by atoms with Crippen molar-refractivity contribution in [1.29, 1.82) is 0 Å². The van der Waals surface area contributed by atoms with E-state index in [2.05, 4.69) is 24.4 Å². The van der Waals surface area contributed by atoms with Gasteiger partial charge in [0.15, 0.2) is 0 Å². The first-order valence-corrected chi connectivity index (χ1v) is 10.8. The molecule has 1 atom stereocenters. The third-order valence-electron chi connectivity index (χ3n) is 4.41. The van der Waals surface area contributed by atoms with Gasteiger partial charge in [0, 0.05) is 6.54 Å². The second kappa shape index (κ2) is 19.9. The molecule has 0 spiro atoms. The third-order valence-corrected chi connectivity index (χ3v) is 4.76.